The Kier molecular flexibility index (Phi) is 5.41. The highest BCUT2D eigenvalue weighted by Crippen LogP contribution is 2.27. The fourth-order valence-electron chi connectivity index (χ4n) is 2.09. The quantitative estimate of drug-likeness (QED) is 0.887. The van der Waals surface area contributed by atoms with E-state index in [4.69, 9.17) is 21.4 Å². The first-order valence-corrected chi connectivity index (χ1v) is 7.26. The Balaban J connectivity index is 1.95. The molecule has 0 aliphatic rings. The number of amides is 1. The standard InChI is InChI=1S/C17H18ClNO3/c1-11-7-12(2)17(15(18)8-11)19-16(21)10-22-14-5-3-13(9-20)4-6-14/h3-8,20H,9-10H2,1-2H3,(H,19,21). The SMILES string of the molecule is Cc1cc(C)c(NC(=O)COc2ccc(CO)cc2)c(Cl)c1. The molecule has 0 bridgehead atoms. The van der Waals surface area contributed by atoms with E-state index in [0.29, 0.717) is 16.5 Å². The van der Waals surface area contributed by atoms with Crippen molar-refractivity contribution in [2.75, 3.05) is 11.9 Å². The fraction of sp³-hybridized carbons (Fsp3) is 0.235. The predicted molar refractivity (Wildman–Crippen MR) is 87.4 cm³/mol. The van der Waals surface area contributed by atoms with Gasteiger partial charge in [0.05, 0.1) is 17.3 Å². The van der Waals surface area contributed by atoms with Gasteiger partial charge in [-0.05, 0) is 48.7 Å². The molecule has 0 aliphatic carbocycles. The van der Waals surface area contributed by atoms with Crippen LogP contribution < -0.4 is 10.1 Å². The number of carbonyl (C=O) groups is 1. The lowest BCUT2D eigenvalue weighted by Gasteiger charge is -2.12. The van der Waals surface area contributed by atoms with Crippen LogP contribution in [0.3, 0.4) is 0 Å². The number of benzene rings is 2. The number of ether oxygens (including phenoxy) is 1. The van der Waals surface area contributed by atoms with Gasteiger partial charge in [-0.15, -0.1) is 0 Å². The molecule has 0 atom stereocenters. The first-order valence-electron chi connectivity index (χ1n) is 6.89. The highest BCUT2D eigenvalue weighted by Gasteiger charge is 2.10. The van der Waals surface area contributed by atoms with E-state index >= 15 is 0 Å². The third kappa shape index (κ3) is 4.23. The summed E-state index contributed by atoms with van der Waals surface area (Å²) in [5.41, 5.74) is 3.35. The smallest absolute Gasteiger partial charge is 0.262 e. The Labute approximate surface area is 134 Å². The van der Waals surface area contributed by atoms with Gasteiger partial charge in [-0.2, -0.15) is 0 Å². The largest absolute Gasteiger partial charge is 0.484 e. The summed E-state index contributed by atoms with van der Waals surface area (Å²) in [7, 11) is 0. The summed E-state index contributed by atoms with van der Waals surface area (Å²) in [6, 6.07) is 10.7. The summed E-state index contributed by atoms with van der Waals surface area (Å²) in [4.78, 5) is 12.0. The van der Waals surface area contributed by atoms with Crippen molar-refractivity contribution in [2.24, 2.45) is 0 Å². The van der Waals surface area contributed by atoms with Crippen LogP contribution in [-0.2, 0) is 11.4 Å². The van der Waals surface area contributed by atoms with Crippen LogP contribution in [0.1, 0.15) is 16.7 Å². The molecule has 0 spiro atoms. The van der Waals surface area contributed by atoms with Crippen LogP contribution in [0.5, 0.6) is 5.75 Å². The lowest BCUT2D eigenvalue weighted by atomic mass is 10.1. The van der Waals surface area contributed by atoms with E-state index in [0.717, 1.165) is 16.7 Å². The van der Waals surface area contributed by atoms with E-state index in [1.165, 1.54) is 0 Å². The molecule has 0 aromatic heterocycles. The van der Waals surface area contributed by atoms with Gasteiger partial charge in [0.15, 0.2) is 6.61 Å². The maximum absolute atomic E-state index is 12.0. The second kappa shape index (κ2) is 7.29. The van der Waals surface area contributed by atoms with Crippen molar-refractivity contribution in [3.8, 4) is 5.75 Å². The molecule has 2 aromatic rings. The molecule has 116 valence electrons. The molecule has 0 aliphatic heterocycles. The second-order valence-corrected chi connectivity index (χ2v) is 5.48. The van der Waals surface area contributed by atoms with Crippen LogP contribution in [0.25, 0.3) is 0 Å². The van der Waals surface area contributed by atoms with Gasteiger partial charge >= 0.3 is 0 Å². The van der Waals surface area contributed by atoms with E-state index in [1.54, 1.807) is 30.3 Å². The molecule has 22 heavy (non-hydrogen) atoms. The van der Waals surface area contributed by atoms with E-state index in [2.05, 4.69) is 5.32 Å². The lowest BCUT2D eigenvalue weighted by Crippen LogP contribution is -2.21. The van der Waals surface area contributed by atoms with Crippen molar-refractivity contribution in [3.63, 3.8) is 0 Å². The van der Waals surface area contributed by atoms with Gasteiger partial charge in [0.1, 0.15) is 5.75 Å². The first-order chi connectivity index (χ1) is 10.5. The van der Waals surface area contributed by atoms with Crippen LogP contribution in [-0.4, -0.2) is 17.6 Å². The van der Waals surface area contributed by atoms with Gasteiger partial charge in [-0.3, -0.25) is 4.79 Å². The van der Waals surface area contributed by atoms with Crippen LogP contribution in [0.15, 0.2) is 36.4 Å². The number of nitrogens with one attached hydrogen (secondary N) is 1. The maximum atomic E-state index is 12.0. The number of halogens is 1. The second-order valence-electron chi connectivity index (χ2n) is 5.08. The van der Waals surface area contributed by atoms with E-state index in [1.807, 2.05) is 19.9 Å². The summed E-state index contributed by atoms with van der Waals surface area (Å²) in [5.74, 6) is 0.291. The molecule has 0 fully saturated rings. The molecule has 0 unspecified atom stereocenters. The molecule has 5 heteroatoms. The summed E-state index contributed by atoms with van der Waals surface area (Å²) in [5, 5.41) is 12.2. The Morgan fingerprint density at radius 3 is 2.50 bits per heavy atom. The Morgan fingerprint density at radius 1 is 1.23 bits per heavy atom. The van der Waals surface area contributed by atoms with Gasteiger partial charge in [0.2, 0.25) is 0 Å². The molecule has 0 saturated heterocycles. The minimum Gasteiger partial charge on any atom is -0.484 e. The van der Waals surface area contributed by atoms with Gasteiger partial charge in [-0.1, -0.05) is 29.8 Å². The van der Waals surface area contributed by atoms with E-state index in [9.17, 15) is 4.79 Å². The molecule has 0 heterocycles. The summed E-state index contributed by atoms with van der Waals surface area (Å²) < 4.78 is 5.41. The monoisotopic (exact) mass is 319 g/mol. The average Bonchev–Trinajstić information content (AvgIpc) is 2.49. The highest BCUT2D eigenvalue weighted by molar-refractivity contribution is 6.34. The van der Waals surface area contributed by atoms with Crippen molar-refractivity contribution in [2.45, 2.75) is 20.5 Å². The topological polar surface area (TPSA) is 58.6 Å². The lowest BCUT2D eigenvalue weighted by molar-refractivity contribution is -0.118. The molecule has 0 saturated carbocycles. The summed E-state index contributed by atoms with van der Waals surface area (Å²) >= 11 is 6.15. The molecule has 1 amide bonds. The molecular formula is C17H18ClNO3. The molecule has 2 rings (SSSR count). The normalized spacial score (nSPS) is 10.4. The molecule has 2 aromatic carbocycles. The minimum atomic E-state index is -0.278. The van der Waals surface area contributed by atoms with Crippen LogP contribution >= 0.6 is 11.6 Å². The number of aryl methyl sites for hydroxylation is 2. The zero-order chi connectivity index (χ0) is 16.1. The van der Waals surface area contributed by atoms with Gasteiger partial charge in [0.25, 0.3) is 5.91 Å². The van der Waals surface area contributed by atoms with Crippen molar-refractivity contribution < 1.29 is 14.6 Å². The van der Waals surface area contributed by atoms with Crippen molar-refractivity contribution in [3.05, 3.63) is 58.1 Å². The van der Waals surface area contributed by atoms with Crippen LogP contribution in [0, 0.1) is 13.8 Å². The number of rotatable bonds is 5. The van der Waals surface area contributed by atoms with Gasteiger partial charge < -0.3 is 15.2 Å². The fourth-order valence-corrected chi connectivity index (χ4v) is 2.46. The van der Waals surface area contributed by atoms with Crippen molar-refractivity contribution in [1.82, 2.24) is 0 Å². The first kappa shape index (κ1) is 16.3. The Hall–Kier alpha value is -2.04. The highest BCUT2D eigenvalue weighted by atomic mass is 35.5. The minimum absolute atomic E-state index is 0.0219. The summed E-state index contributed by atoms with van der Waals surface area (Å²) in [6.07, 6.45) is 0. The Bertz CT molecular complexity index is 645. The molecule has 2 N–H and O–H groups in total. The third-order valence-electron chi connectivity index (χ3n) is 3.17. The molecule has 0 radical (unpaired) electrons. The van der Waals surface area contributed by atoms with Crippen molar-refractivity contribution in [1.29, 1.82) is 0 Å². The zero-order valence-electron chi connectivity index (χ0n) is 12.5. The zero-order valence-corrected chi connectivity index (χ0v) is 13.3. The van der Waals surface area contributed by atoms with Crippen molar-refractivity contribution >= 4 is 23.2 Å². The third-order valence-corrected chi connectivity index (χ3v) is 3.47. The van der Waals surface area contributed by atoms with Crippen LogP contribution in [0.2, 0.25) is 5.02 Å². The van der Waals surface area contributed by atoms with Gasteiger partial charge in [0, 0.05) is 0 Å². The maximum Gasteiger partial charge on any atom is 0.262 e. The summed E-state index contributed by atoms with van der Waals surface area (Å²) in [6.45, 7) is 3.71. The number of carbonyl (C=O) groups excluding carboxylic acids is 1. The number of hydrogen-bond acceptors (Lipinski definition) is 3. The molecule has 4 nitrogen and oxygen atoms in total. The van der Waals surface area contributed by atoms with Crippen LogP contribution in [0.4, 0.5) is 5.69 Å². The Morgan fingerprint density at radius 2 is 1.91 bits per heavy atom. The number of anilines is 1. The van der Waals surface area contributed by atoms with E-state index < -0.39 is 0 Å². The molecular weight excluding hydrogens is 302 g/mol. The number of aliphatic hydroxyl groups is 1. The predicted octanol–water partition coefficient (Wildman–Crippen LogP) is 3.47. The van der Waals surface area contributed by atoms with Gasteiger partial charge in [-0.25, -0.2) is 0 Å². The average molecular weight is 320 g/mol. The number of aliphatic hydroxyl groups excluding tert-OH is 1. The van der Waals surface area contributed by atoms with E-state index in [-0.39, 0.29) is 19.1 Å². The number of hydrogen-bond donors (Lipinski definition) is 2.